The topological polar surface area (TPSA) is 54.5 Å². The van der Waals surface area contributed by atoms with Crippen LogP contribution in [0.25, 0.3) is 11.0 Å². The predicted molar refractivity (Wildman–Crippen MR) is 90.7 cm³/mol. The highest BCUT2D eigenvalue weighted by Gasteiger charge is 2.32. The molecule has 0 spiro atoms. The molecule has 1 saturated heterocycles. The number of piperazine rings is 1. The standard InChI is InChI=1S/C18H20N4O2/c1-20-9-10-22(11-15(20)17-19-7-8-21(17)2)18(23)14-12-24-16-6-4-3-5-13(14)16/h3-8,12,15H,9-11H2,1-2H3/t15-/m1/s1. The zero-order chi connectivity index (χ0) is 16.7. The van der Waals surface area contributed by atoms with E-state index in [2.05, 4.69) is 16.9 Å². The number of benzene rings is 1. The Bertz CT molecular complexity index is 882. The molecule has 2 aromatic heterocycles. The van der Waals surface area contributed by atoms with E-state index in [4.69, 9.17) is 4.42 Å². The molecule has 1 aromatic carbocycles. The second-order valence-electron chi connectivity index (χ2n) is 6.29. The van der Waals surface area contributed by atoms with Gasteiger partial charge in [0.1, 0.15) is 17.7 Å². The van der Waals surface area contributed by atoms with E-state index in [9.17, 15) is 4.79 Å². The third kappa shape index (κ3) is 2.39. The van der Waals surface area contributed by atoms with Gasteiger partial charge in [0.25, 0.3) is 5.91 Å². The minimum Gasteiger partial charge on any atom is -0.463 e. The normalized spacial score (nSPS) is 19.1. The Balaban J connectivity index is 1.62. The van der Waals surface area contributed by atoms with Crippen molar-refractivity contribution in [2.24, 2.45) is 7.05 Å². The first-order chi connectivity index (χ1) is 11.6. The molecule has 24 heavy (non-hydrogen) atoms. The van der Waals surface area contributed by atoms with Crippen molar-refractivity contribution in [2.75, 3.05) is 26.7 Å². The van der Waals surface area contributed by atoms with Crippen LogP contribution in [-0.2, 0) is 7.05 Å². The number of likely N-dealkylation sites (N-methyl/N-ethyl adjacent to an activating group) is 1. The van der Waals surface area contributed by atoms with E-state index in [1.807, 2.05) is 47.0 Å². The highest BCUT2D eigenvalue weighted by Crippen LogP contribution is 2.26. The summed E-state index contributed by atoms with van der Waals surface area (Å²) < 4.78 is 7.54. The zero-order valence-electron chi connectivity index (χ0n) is 13.8. The van der Waals surface area contributed by atoms with E-state index in [0.717, 1.165) is 23.3 Å². The molecule has 3 heterocycles. The minimum absolute atomic E-state index is 0.0206. The second kappa shape index (κ2) is 5.79. The summed E-state index contributed by atoms with van der Waals surface area (Å²) in [5, 5.41) is 0.870. The van der Waals surface area contributed by atoms with Gasteiger partial charge in [0.2, 0.25) is 0 Å². The molecular weight excluding hydrogens is 304 g/mol. The van der Waals surface area contributed by atoms with E-state index < -0.39 is 0 Å². The lowest BCUT2D eigenvalue weighted by atomic mass is 10.1. The van der Waals surface area contributed by atoms with Crippen LogP contribution in [0, 0.1) is 0 Å². The van der Waals surface area contributed by atoms with Crippen molar-refractivity contribution >= 4 is 16.9 Å². The molecular formula is C18H20N4O2. The zero-order valence-corrected chi connectivity index (χ0v) is 13.8. The molecule has 0 saturated carbocycles. The highest BCUT2D eigenvalue weighted by molar-refractivity contribution is 6.05. The average Bonchev–Trinajstić information content (AvgIpc) is 3.21. The smallest absolute Gasteiger partial charge is 0.257 e. The molecule has 0 bridgehead atoms. The molecule has 3 aromatic rings. The van der Waals surface area contributed by atoms with Crippen LogP contribution in [0.2, 0.25) is 0 Å². The Hall–Kier alpha value is -2.60. The number of imidazole rings is 1. The monoisotopic (exact) mass is 324 g/mol. The molecule has 1 atom stereocenters. The number of para-hydroxylation sites is 1. The fourth-order valence-electron chi connectivity index (χ4n) is 3.35. The second-order valence-corrected chi connectivity index (χ2v) is 6.29. The third-order valence-electron chi connectivity index (χ3n) is 4.80. The third-order valence-corrected chi connectivity index (χ3v) is 4.80. The maximum atomic E-state index is 13.0. The molecule has 124 valence electrons. The van der Waals surface area contributed by atoms with Crippen molar-refractivity contribution in [1.82, 2.24) is 19.4 Å². The summed E-state index contributed by atoms with van der Waals surface area (Å²) in [7, 11) is 4.06. The van der Waals surface area contributed by atoms with E-state index >= 15 is 0 Å². The lowest BCUT2D eigenvalue weighted by Crippen LogP contribution is -2.49. The number of furan rings is 1. The molecule has 6 nitrogen and oxygen atoms in total. The maximum Gasteiger partial charge on any atom is 0.257 e. The van der Waals surface area contributed by atoms with Gasteiger partial charge in [0.15, 0.2) is 0 Å². The first kappa shape index (κ1) is 15.0. The fraction of sp³-hybridized carbons (Fsp3) is 0.333. The van der Waals surface area contributed by atoms with Crippen molar-refractivity contribution < 1.29 is 9.21 Å². The molecule has 0 N–H and O–H groups in total. The average molecular weight is 324 g/mol. The number of nitrogens with zero attached hydrogens (tertiary/aromatic N) is 4. The van der Waals surface area contributed by atoms with Gasteiger partial charge in [-0.1, -0.05) is 18.2 Å². The quantitative estimate of drug-likeness (QED) is 0.726. The van der Waals surface area contributed by atoms with Crippen LogP contribution in [0.5, 0.6) is 0 Å². The fourth-order valence-corrected chi connectivity index (χ4v) is 3.35. The number of aromatic nitrogens is 2. The highest BCUT2D eigenvalue weighted by atomic mass is 16.3. The van der Waals surface area contributed by atoms with E-state index in [-0.39, 0.29) is 11.9 Å². The van der Waals surface area contributed by atoms with Gasteiger partial charge < -0.3 is 13.9 Å². The molecule has 4 rings (SSSR count). The van der Waals surface area contributed by atoms with Crippen LogP contribution >= 0.6 is 0 Å². The van der Waals surface area contributed by atoms with Gasteiger partial charge in [-0.2, -0.15) is 0 Å². The lowest BCUT2D eigenvalue weighted by molar-refractivity contribution is 0.0529. The number of fused-ring (bicyclic) bond motifs is 1. The first-order valence-corrected chi connectivity index (χ1v) is 8.08. The number of carbonyl (C=O) groups is 1. The summed E-state index contributed by atoms with van der Waals surface area (Å²) in [4.78, 5) is 21.6. The molecule has 1 aliphatic rings. The molecule has 6 heteroatoms. The molecule has 1 aliphatic heterocycles. The van der Waals surface area contributed by atoms with Gasteiger partial charge in [0.05, 0.1) is 11.6 Å². The number of hydrogen-bond acceptors (Lipinski definition) is 4. The summed E-state index contributed by atoms with van der Waals surface area (Å²) in [6.45, 7) is 2.15. The Labute approximate surface area is 140 Å². The molecule has 0 aliphatic carbocycles. The number of amides is 1. The molecule has 1 amide bonds. The van der Waals surface area contributed by atoms with Crippen molar-refractivity contribution in [3.8, 4) is 0 Å². The van der Waals surface area contributed by atoms with E-state index in [1.54, 1.807) is 12.5 Å². The molecule has 1 fully saturated rings. The first-order valence-electron chi connectivity index (χ1n) is 8.08. The Morgan fingerprint density at radius 1 is 1.25 bits per heavy atom. The van der Waals surface area contributed by atoms with Gasteiger partial charge in [-0.15, -0.1) is 0 Å². The Morgan fingerprint density at radius 2 is 2.08 bits per heavy atom. The van der Waals surface area contributed by atoms with Crippen LogP contribution in [0.4, 0.5) is 0 Å². The lowest BCUT2D eigenvalue weighted by Gasteiger charge is -2.38. The van der Waals surface area contributed by atoms with Crippen molar-refractivity contribution in [1.29, 1.82) is 0 Å². The maximum absolute atomic E-state index is 13.0. The number of hydrogen-bond donors (Lipinski definition) is 0. The van der Waals surface area contributed by atoms with Gasteiger partial charge >= 0.3 is 0 Å². The van der Waals surface area contributed by atoms with Crippen LogP contribution in [0.15, 0.2) is 47.3 Å². The summed E-state index contributed by atoms with van der Waals surface area (Å²) in [6.07, 6.45) is 5.31. The number of aryl methyl sites for hydroxylation is 1. The Morgan fingerprint density at radius 3 is 2.88 bits per heavy atom. The summed E-state index contributed by atoms with van der Waals surface area (Å²) >= 11 is 0. The summed E-state index contributed by atoms with van der Waals surface area (Å²) in [5.41, 5.74) is 1.38. The Kier molecular flexibility index (Phi) is 3.61. The summed E-state index contributed by atoms with van der Waals surface area (Å²) in [6, 6.07) is 7.74. The number of carbonyl (C=O) groups excluding carboxylic acids is 1. The van der Waals surface area contributed by atoms with E-state index in [0.29, 0.717) is 18.7 Å². The van der Waals surface area contributed by atoms with Gasteiger partial charge in [-0.3, -0.25) is 9.69 Å². The molecule has 0 unspecified atom stereocenters. The van der Waals surface area contributed by atoms with Crippen LogP contribution < -0.4 is 0 Å². The SMILES string of the molecule is CN1CCN(C(=O)c2coc3ccccc23)C[C@@H]1c1nccn1C. The largest absolute Gasteiger partial charge is 0.463 e. The van der Waals surface area contributed by atoms with Gasteiger partial charge in [0, 0.05) is 44.5 Å². The minimum atomic E-state index is 0.0206. The van der Waals surface area contributed by atoms with Gasteiger partial charge in [-0.05, 0) is 13.1 Å². The van der Waals surface area contributed by atoms with Crippen LogP contribution in [0.1, 0.15) is 22.2 Å². The van der Waals surface area contributed by atoms with Crippen LogP contribution in [0.3, 0.4) is 0 Å². The predicted octanol–water partition coefficient (Wildman–Crippen LogP) is 2.30. The van der Waals surface area contributed by atoms with Crippen molar-refractivity contribution in [2.45, 2.75) is 6.04 Å². The van der Waals surface area contributed by atoms with Gasteiger partial charge in [-0.25, -0.2) is 4.98 Å². The number of rotatable bonds is 2. The van der Waals surface area contributed by atoms with Crippen molar-refractivity contribution in [3.63, 3.8) is 0 Å². The van der Waals surface area contributed by atoms with Crippen LogP contribution in [-0.4, -0.2) is 51.9 Å². The van der Waals surface area contributed by atoms with E-state index in [1.165, 1.54) is 0 Å². The van der Waals surface area contributed by atoms with Crippen molar-refractivity contribution in [3.05, 3.63) is 54.3 Å². The molecule has 0 radical (unpaired) electrons. The summed E-state index contributed by atoms with van der Waals surface area (Å²) in [5.74, 6) is 0.999.